The monoisotopic (exact) mass is 368 g/mol. The van der Waals surface area contributed by atoms with Gasteiger partial charge in [-0.05, 0) is 42.0 Å². The molecule has 0 radical (unpaired) electrons. The van der Waals surface area contributed by atoms with Crippen molar-refractivity contribution < 1.29 is 4.79 Å². The Kier molecular flexibility index (Phi) is 5.24. The van der Waals surface area contributed by atoms with Gasteiger partial charge in [0, 0.05) is 35.8 Å². The zero-order valence-electron chi connectivity index (χ0n) is 15.3. The first-order valence-corrected chi connectivity index (χ1v) is 9.19. The lowest BCUT2D eigenvalue weighted by molar-refractivity contribution is 0.0954. The Morgan fingerprint density at radius 2 is 1.79 bits per heavy atom. The summed E-state index contributed by atoms with van der Waals surface area (Å²) in [7, 11) is 0. The molecule has 4 aromatic rings. The Hall–Kier alpha value is -3.73. The van der Waals surface area contributed by atoms with E-state index in [1.165, 1.54) is 0 Å². The molecule has 138 valence electrons. The van der Waals surface area contributed by atoms with Crippen LogP contribution in [0.15, 0.2) is 72.9 Å². The molecule has 1 amide bonds. The van der Waals surface area contributed by atoms with Gasteiger partial charge in [-0.1, -0.05) is 42.5 Å². The highest BCUT2D eigenvalue weighted by Crippen LogP contribution is 2.17. The van der Waals surface area contributed by atoms with E-state index in [9.17, 15) is 4.79 Å². The highest BCUT2D eigenvalue weighted by Gasteiger charge is 2.05. The fourth-order valence-electron chi connectivity index (χ4n) is 2.98. The van der Waals surface area contributed by atoms with Crippen molar-refractivity contribution in [1.29, 1.82) is 0 Å². The number of carbonyl (C=O) groups excluding carboxylic acids is 1. The number of rotatable bonds is 6. The van der Waals surface area contributed by atoms with Crippen LogP contribution in [0.4, 0.5) is 0 Å². The molecule has 0 saturated carbocycles. The second-order valence-electron chi connectivity index (χ2n) is 6.44. The number of hydrogen-bond acceptors (Lipinski definition) is 3. The molecule has 2 aromatic heterocycles. The van der Waals surface area contributed by atoms with Crippen molar-refractivity contribution in [3.63, 3.8) is 0 Å². The van der Waals surface area contributed by atoms with Gasteiger partial charge in [0.25, 0.3) is 5.91 Å². The molecule has 0 bridgehead atoms. The number of H-pyrrole nitrogens is 1. The fourth-order valence-corrected chi connectivity index (χ4v) is 2.98. The summed E-state index contributed by atoms with van der Waals surface area (Å²) in [5.74, 6) is -0.0789. The minimum absolute atomic E-state index is 0.0789. The first kappa shape index (κ1) is 17.7. The Balaban J connectivity index is 1.36. The van der Waals surface area contributed by atoms with E-state index in [2.05, 4.69) is 20.5 Å². The lowest BCUT2D eigenvalue weighted by atomic mass is 10.1. The number of hydrogen-bond donors (Lipinski definition) is 2. The average Bonchev–Trinajstić information content (AvgIpc) is 3.16. The zero-order chi connectivity index (χ0) is 19.2. The molecule has 0 spiro atoms. The average molecular weight is 368 g/mol. The molecule has 5 heteroatoms. The third-order valence-corrected chi connectivity index (χ3v) is 4.50. The van der Waals surface area contributed by atoms with E-state index in [0.717, 1.165) is 27.9 Å². The predicted octanol–water partition coefficient (Wildman–Crippen LogP) is 4.10. The van der Waals surface area contributed by atoms with Crippen molar-refractivity contribution in [2.75, 3.05) is 6.54 Å². The minimum atomic E-state index is -0.0789. The fraction of sp³-hybridized carbons (Fsp3) is 0.0870. The van der Waals surface area contributed by atoms with Crippen molar-refractivity contribution >= 4 is 29.0 Å². The number of aromatic nitrogens is 3. The maximum absolute atomic E-state index is 12.3. The van der Waals surface area contributed by atoms with Crippen LogP contribution in [0.3, 0.4) is 0 Å². The van der Waals surface area contributed by atoms with Crippen LogP contribution in [0.5, 0.6) is 0 Å². The lowest BCUT2D eigenvalue weighted by Gasteiger charge is -2.05. The highest BCUT2D eigenvalue weighted by atomic mass is 16.1. The van der Waals surface area contributed by atoms with Crippen molar-refractivity contribution in [1.82, 2.24) is 20.5 Å². The molecule has 2 aromatic carbocycles. The summed E-state index contributed by atoms with van der Waals surface area (Å²) < 4.78 is 0. The molecule has 0 unspecified atom stereocenters. The Bertz CT molecular complexity index is 1100. The van der Waals surface area contributed by atoms with E-state index in [-0.39, 0.29) is 5.91 Å². The van der Waals surface area contributed by atoms with E-state index in [0.29, 0.717) is 18.5 Å². The molecule has 0 fully saturated rings. The first-order chi connectivity index (χ1) is 13.8. The topological polar surface area (TPSA) is 70.7 Å². The number of pyridine rings is 1. The smallest absolute Gasteiger partial charge is 0.251 e. The van der Waals surface area contributed by atoms with Gasteiger partial charge in [-0.25, -0.2) is 0 Å². The SMILES string of the molecule is O=C(NCCc1ccccn1)c1ccc(/C=C/c2n[nH]c3ccccc23)cc1. The summed E-state index contributed by atoms with van der Waals surface area (Å²) >= 11 is 0. The first-order valence-electron chi connectivity index (χ1n) is 9.19. The predicted molar refractivity (Wildman–Crippen MR) is 112 cm³/mol. The lowest BCUT2D eigenvalue weighted by Crippen LogP contribution is -2.25. The summed E-state index contributed by atoms with van der Waals surface area (Å²) in [5, 5.41) is 11.4. The number of fused-ring (bicyclic) bond motifs is 1. The zero-order valence-corrected chi connectivity index (χ0v) is 15.3. The highest BCUT2D eigenvalue weighted by molar-refractivity contribution is 5.94. The number of nitrogens with one attached hydrogen (secondary N) is 2. The van der Waals surface area contributed by atoms with E-state index in [1.54, 1.807) is 6.20 Å². The van der Waals surface area contributed by atoms with Gasteiger partial charge in [-0.2, -0.15) is 5.10 Å². The molecule has 0 aliphatic carbocycles. The van der Waals surface area contributed by atoms with Crippen LogP contribution < -0.4 is 5.32 Å². The largest absolute Gasteiger partial charge is 0.352 e. The second kappa shape index (κ2) is 8.31. The van der Waals surface area contributed by atoms with Crippen molar-refractivity contribution in [2.24, 2.45) is 0 Å². The molecule has 0 aliphatic rings. The van der Waals surface area contributed by atoms with Gasteiger partial charge < -0.3 is 5.32 Å². The third-order valence-electron chi connectivity index (χ3n) is 4.50. The Morgan fingerprint density at radius 3 is 2.61 bits per heavy atom. The van der Waals surface area contributed by atoms with E-state index < -0.39 is 0 Å². The maximum atomic E-state index is 12.3. The van der Waals surface area contributed by atoms with Crippen LogP contribution in [0, 0.1) is 0 Å². The molecule has 28 heavy (non-hydrogen) atoms. The Labute approximate surface area is 163 Å². The third kappa shape index (κ3) is 4.15. The van der Waals surface area contributed by atoms with Gasteiger partial charge in [-0.15, -0.1) is 0 Å². The minimum Gasteiger partial charge on any atom is -0.352 e. The molecular weight excluding hydrogens is 348 g/mol. The second-order valence-corrected chi connectivity index (χ2v) is 6.44. The van der Waals surface area contributed by atoms with Crippen molar-refractivity contribution in [2.45, 2.75) is 6.42 Å². The van der Waals surface area contributed by atoms with E-state index >= 15 is 0 Å². The van der Waals surface area contributed by atoms with Crippen molar-refractivity contribution in [3.8, 4) is 0 Å². The Morgan fingerprint density at radius 1 is 0.964 bits per heavy atom. The van der Waals surface area contributed by atoms with Crippen LogP contribution in [0.1, 0.15) is 27.3 Å². The van der Waals surface area contributed by atoms with Crippen LogP contribution >= 0.6 is 0 Å². The van der Waals surface area contributed by atoms with Crippen molar-refractivity contribution in [3.05, 3.63) is 95.4 Å². The van der Waals surface area contributed by atoms with Crippen LogP contribution in [0.25, 0.3) is 23.1 Å². The number of benzene rings is 2. The standard InChI is InChI=1S/C23H20N4O/c28-23(25-16-14-19-5-3-4-15-24-19)18-11-8-17(9-12-18)10-13-22-20-6-1-2-7-21(20)26-27-22/h1-13,15H,14,16H2,(H,25,28)(H,26,27)/b13-10+. The summed E-state index contributed by atoms with van der Waals surface area (Å²) in [4.78, 5) is 16.5. The number of amides is 1. The summed E-state index contributed by atoms with van der Waals surface area (Å²) in [6.07, 6.45) is 6.44. The molecule has 2 N–H and O–H groups in total. The van der Waals surface area contributed by atoms with E-state index in [4.69, 9.17) is 0 Å². The van der Waals surface area contributed by atoms with Gasteiger partial charge in [0.05, 0.1) is 11.2 Å². The molecule has 5 nitrogen and oxygen atoms in total. The molecule has 0 aliphatic heterocycles. The molecule has 0 atom stereocenters. The summed E-state index contributed by atoms with van der Waals surface area (Å²) in [6, 6.07) is 21.3. The summed E-state index contributed by atoms with van der Waals surface area (Å²) in [5.41, 5.74) is 4.53. The van der Waals surface area contributed by atoms with Crippen LogP contribution in [-0.4, -0.2) is 27.6 Å². The van der Waals surface area contributed by atoms with Crippen LogP contribution in [0.2, 0.25) is 0 Å². The van der Waals surface area contributed by atoms with Gasteiger partial charge in [-0.3, -0.25) is 14.9 Å². The molecule has 2 heterocycles. The quantitative estimate of drug-likeness (QED) is 0.538. The number of carbonyl (C=O) groups is 1. The number of para-hydroxylation sites is 1. The van der Waals surface area contributed by atoms with Gasteiger partial charge in [0.1, 0.15) is 0 Å². The number of nitrogens with zero attached hydrogens (tertiary/aromatic N) is 2. The molecular formula is C23H20N4O. The molecule has 4 rings (SSSR count). The van der Waals surface area contributed by atoms with Gasteiger partial charge >= 0.3 is 0 Å². The van der Waals surface area contributed by atoms with Gasteiger partial charge in [0.2, 0.25) is 0 Å². The van der Waals surface area contributed by atoms with Crippen LogP contribution in [-0.2, 0) is 6.42 Å². The van der Waals surface area contributed by atoms with E-state index in [1.807, 2.05) is 78.9 Å². The molecule has 0 saturated heterocycles. The van der Waals surface area contributed by atoms with Gasteiger partial charge in [0.15, 0.2) is 0 Å². The normalized spacial score (nSPS) is 11.1. The number of aromatic amines is 1. The summed E-state index contributed by atoms with van der Waals surface area (Å²) in [6.45, 7) is 0.559. The maximum Gasteiger partial charge on any atom is 0.251 e.